The normalized spacial score (nSPS) is 12.5. The van der Waals surface area contributed by atoms with Crippen LogP contribution >= 0.6 is 0 Å². The highest BCUT2D eigenvalue weighted by Crippen LogP contribution is 2.28. The molecule has 0 amide bonds. The van der Waals surface area contributed by atoms with Gasteiger partial charge in [0.15, 0.2) is 17.3 Å². The molecule has 0 atom stereocenters. The molecule has 0 bridgehead atoms. The molecular formula is C21H29N3O2. The third-order valence-corrected chi connectivity index (χ3v) is 3.83. The zero-order valence-electron chi connectivity index (χ0n) is 17.0. The molecule has 0 fully saturated rings. The van der Waals surface area contributed by atoms with E-state index >= 15 is 0 Å². The Labute approximate surface area is 156 Å². The van der Waals surface area contributed by atoms with Crippen LogP contribution in [0.15, 0.2) is 18.2 Å². The molecule has 1 aromatic carbocycles. The summed E-state index contributed by atoms with van der Waals surface area (Å²) < 4.78 is 10.6. The minimum Gasteiger partial charge on any atom is -0.493 e. The highest BCUT2D eigenvalue weighted by atomic mass is 16.5. The molecule has 0 radical (unpaired) electrons. The molecule has 0 spiro atoms. The smallest absolute Gasteiger partial charge is 0.161 e. The van der Waals surface area contributed by atoms with E-state index in [-0.39, 0.29) is 10.8 Å². The van der Waals surface area contributed by atoms with Crippen molar-refractivity contribution in [3.05, 3.63) is 41.2 Å². The Hall–Kier alpha value is -2.43. The number of methoxy groups -OCH3 is 2. The Kier molecular flexibility index (Phi) is 5.69. The summed E-state index contributed by atoms with van der Waals surface area (Å²) in [5, 5.41) is 0. The van der Waals surface area contributed by atoms with E-state index in [1.807, 2.05) is 30.4 Å². The quantitative estimate of drug-likeness (QED) is 0.799. The molecule has 0 aliphatic rings. The maximum absolute atomic E-state index is 5.36. The number of hydrogen-bond acceptors (Lipinski definition) is 5. The summed E-state index contributed by atoms with van der Waals surface area (Å²) in [5.41, 5.74) is 0.696. The van der Waals surface area contributed by atoms with Gasteiger partial charge in [-0.05, 0) is 23.8 Å². The third kappa shape index (κ3) is 4.81. The van der Waals surface area contributed by atoms with Gasteiger partial charge in [0.1, 0.15) is 11.6 Å². The maximum atomic E-state index is 5.36. The molecular weight excluding hydrogens is 326 g/mol. The van der Waals surface area contributed by atoms with Crippen LogP contribution in [0.4, 0.5) is 0 Å². The molecule has 0 unspecified atom stereocenters. The fourth-order valence-corrected chi connectivity index (χ4v) is 2.26. The summed E-state index contributed by atoms with van der Waals surface area (Å²) in [6, 6.07) is 5.77. The van der Waals surface area contributed by atoms with Crippen molar-refractivity contribution in [3.63, 3.8) is 0 Å². The van der Waals surface area contributed by atoms with Crippen molar-refractivity contribution in [2.75, 3.05) is 14.2 Å². The average Bonchev–Trinajstić information content (AvgIpc) is 2.57. The van der Waals surface area contributed by atoms with Crippen LogP contribution in [0.1, 0.15) is 64.6 Å². The van der Waals surface area contributed by atoms with Gasteiger partial charge in [0.25, 0.3) is 0 Å². The van der Waals surface area contributed by atoms with Gasteiger partial charge in [0.2, 0.25) is 0 Å². The lowest BCUT2D eigenvalue weighted by Gasteiger charge is -2.22. The van der Waals surface area contributed by atoms with Crippen LogP contribution < -0.4 is 9.47 Å². The predicted molar refractivity (Wildman–Crippen MR) is 106 cm³/mol. The van der Waals surface area contributed by atoms with Gasteiger partial charge < -0.3 is 9.47 Å². The van der Waals surface area contributed by atoms with Crippen LogP contribution in [0.2, 0.25) is 0 Å². The first-order valence-corrected chi connectivity index (χ1v) is 8.72. The number of hydrogen-bond donors (Lipinski definition) is 0. The Morgan fingerprint density at radius 3 is 1.73 bits per heavy atom. The van der Waals surface area contributed by atoms with Gasteiger partial charge >= 0.3 is 0 Å². The van der Waals surface area contributed by atoms with E-state index < -0.39 is 0 Å². The molecule has 0 aliphatic heterocycles. The Balaban J connectivity index is 2.44. The van der Waals surface area contributed by atoms with Crippen molar-refractivity contribution in [1.82, 2.24) is 15.0 Å². The van der Waals surface area contributed by atoms with E-state index in [0.717, 1.165) is 17.2 Å². The fourth-order valence-electron chi connectivity index (χ4n) is 2.26. The highest BCUT2D eigenvalue weighted by Gasteiger charge is 2.24. The van der Waals surface area contributed by atoms with E-state index in [2.05, 4.69) is 56.5 Å². The number of ether oxygens (including phenoxy) is 2. The zero-order chi connectivity index (χ0) is 19.5. The predicted octanol–water partition coefficient (Wildman–Crippen LogP) is 4.65. The van der Waals surface area contributed by atoms with Crippen LogP contribution in [0, 0.1) is 0 Å². The van der Waals surface area contributed by atoms with Crippen molar-refractivity contribution in [2.24, 2.45) is 0 Å². The second-order valence-corrected chi connectivity index (χ2v) is 8.29. The standard InChI is InChI=1S/C21H29N3O2/c1-20(2,3)18-22-17(23-19(24-18)21(4,5)6)12-10-14-9-11-15(25-7)16(13-14)26-8/h9-13H,1-8H3. The zero-order valence-corrected chi connectivity index (χ0v) is 17.0. The monoisotopic (exact) mass is 355 g/mol. The van der Waals surface area contributed by atoms with Gasteiger partial charge in [0.05, 0.1) is 14.2 Å². The highest BCUT2D eigenvalue weighted by molar-refractivity contribution is 5.68. The summed E-state index contributed by atoms with van der Waals surface area (Å²) in [4.78, 5) is 14.0. The SMILES string of the molecule is COc1ccc(C=Cc2nc(C(C)(C)C)nc(C(C)(C)C)n2)cc1OC. The lowest BCUT2D eigenvalue weighted by molar-refractivity contribution is 0.355. The first kappa shape index (κ1) is 19.9. The van der Waals surface area contributed by atoms with Crippen molar-refractivity contribution in [2.45, 2.75) is 52.4 Å². The van der Waals surface area contributed by atoms with Crippen molar-refractivity contribution in [1.29, 1.82) is 0 Å². The number of nitrogens with zero attached hydrogens (tertiary/aromatic N) is 3. The van der Waals surface area contributed by atoms with Crippen molar-refractivity contribution in [3.8, 4) is 11.5 Å². The lowest BCUT2D eigenvalue weighted by Crippen LogP contribution is -2.24. The van der Waals surface area contributed by atoms with Gasteiger partial charge in [0, 0.05) is 10.8 Å². The summed E-state index contributed by atoms with van der Waals surface area (Å²) >= 11 is 0. The number of aromatic nitrogens is 3. The van der Waals surface area contributed by atoms with Gasteiger partial charge in [-0.3, -0.25) is 0 Å². The van der Waals surface area contributed by atoms with E-state index in [9.17, 15) is 0 Å². The van der Waals surface area contributed by atoms with Crippen molar-refractivity contribution < 1.29 is 9.47 Å². The molecule has 1 aromatic heterocycles. The van der Waals surface area contributed by atoms with Gasteiger partial charge in [-0.25, -0.2) is 15.0 Å². The average molecular weight is 355 g/mol. The Morgan fingerprint density at radius 2 is 1.27 bits per heavy atom. The summed E-state index contributed by atoms with van der Waals surface area (Å²) in [6.07, 6.45) is 3.88. The maximum Gasteiger partial charge on any atom is 0.161 e. The molecule has 5 nitrogen and oxygen atoms in total. The number of benzene rings is 1. The van der Waals surface area contributed by atoms with Crippen LogP contribution in [0.3, 0.4) is 0 Å². The molecule has 0 saturated carbocycles. The summed E-state index contributed by atoms with van der Waals surface area (Å²) in [5.74, 6) is 3.64. The second kappa shape index (κ2) is 7.44. The molecule has 0 aliphatic carbocycles. The molecule has 26 heavy (non-hydrogen) atoms. The minimum absolute atomic E-state index is 0.144. The topological polar surface area (TPSA) is 57.1 Å². The molecule has 0 saturated heterocycles. The largest absolute Gasteiger partial charge is 0.493 e. The van der Waals surface area contributed by atoms with E-state index in [1.165, 1.54) is 0 Å². The van der Waals surface area contributed by atoms with Gasteiger partial charge in [-0.2, -0.15) is 0 Å². The molecule has 140 valence electrons. The second-order valence-electron chi connectivity index (χ2n) is 8.29. The molecule has 2 aromatic rings. The van der Waals surface area contributed by atoms with E-state index in [4.69, 9.17) is 9.47 Å². The Bertz CT molecular complexity index is 768. The third-order valence-electron chi connectivity index (χ3n) is 3.83. The van der Waals surface area contributed by atoms with E-state index in [0.29, 0.717) is 17.3 Å². The number of rotatable bonds is 4. The first-order chi connectivity index (χ1) is 12.0. The van der Waals surface area contributed by atoms with Crippen molar-refractivity contribution >= 4 is 12.2 Å². The van der Waals surface area contributed by atoms with Crippen LogP contribution in [0.5, 0.6) is 11.5 Å². The van der Waals surface area contributed by atoms with Crippen LogP contribution in [0.25, 0.3) is 12.2 Å². The Morgan fingerprint density at radius 1 is 0.731 bits per heavy atom. The molecule has 2 rings (SSSR count). The minimum atomic E-state index is -0.144. The summed E-state index contributed by atoms with van der Waals surface area (Å²) in [6.45, 7) is 12.6. The van der Waals surface area contributed by atoms with Gasteiger partial charge in [-0.1, -0.05) is 53.7 Å². The molecule has 0 N–H and O–H groups in total. The van der Waals surface area contributed by atoms with Crippen LogP contribution in [-0.4, -0.2) is 29.2 Å². The molecule has 1 heterocycles. The fraction of sp³-hybridized carbons (Fsp3) is 0.476. The lowest BCUT2D eigenvalue weighted by atomic mass is 9.93. The summed E-state index contributed by atoms with van der Waals surface area (Å²) in [7, 11) is 3.25. The van der Waals surface area contributed by atoms with E-state index in [1.54, 1.807) is 14.2 Å². The van der Waals surface area contributed by atoms with Gasteiger partial charge in [-0.15, -0.1) is 0 Å². The molecule has 5 heteroatoms. The first-order valence-electron chi connectivity index (χ1n) is 8.72. The van der Waals surface area contributed by atoms with Crippen LogP contribution in [-0.2, 0) is 10.8 Å².